The predicted octanol–water partition coefficient (Wildman–Crippen LogP) is 4.14. The van der Waals surface area contributed by atoms with Gasteiger partial charge >= 0.3 is 6.09 Å². The second kappa shape index (κ2) is 11.5. The van der Waals surface area contributed by atoms with Crippen LogP contribution >= 0.6 is 11.3 Å². The molecule has 0 aliphatic heterocycles. The quantitative estimate of drug-likeness (QED) is 0.432. The molecule has 3 N–H and O–H groups in total. The third-order valence-corrected chi connectivity index (χ3v) is 4.78. The van der Waals surface area contributed by atoms with Crippen LogP contribution in [0.25, 0.3) is 0 Å². The maximum Gasteiger partial charge on any atom is 0.412 e. The van der Waals surface area contributed by atoms with Crippen molar-refractivity contribution >= 4 is 29.1 Å². The molecule has 0 spiro atoms. The van der Waals surface area contributed by atoms with Crippen LogP contribution in [0.3, 0.4) is 0 Å². The molecule has 164 valence electrons. The molecule has 30 heavy (non-hydrogen) atoms. The first-order valence-corrected chi connectivity index (χ1v) is 11.2. The van der Waals surface area contributed by atoms with Crippen molar-refractivity contribution < 1.29 is 9.53 Å². The Balaban J connectivity index is 1.77. The van der Waals surface area contributed by atoms with Crippen LogP contribution in [0.5, 0.6) is 0 Å². The maximum absolute atomic E-state index is 11.8. The molecule has 0 fully saturated rings. The Bertz CT molecular complexity index is 825. The summed E-state index contributed by atoms with van der Waals surface area (Å²) in [5, 5.41) is 12.6. The minimum atomic E-state index is -0.513. The van der Waals surface area contributed by atoms with Gasteiger partial charge in [0.25, 0.3) is 0 Å². The molecule has 0 saturated heterocycles. The molecule has 8 heteroatoms. The number of ether oxygens (including phenoxy) is 1. The predicted molar refractivity (Wildman–Crippen MR) is 125 cm³/mol. The number of aryl methyl sites for hydroxylation is 1. The molecule has 0 atom stereocenters. The van der Waals surface area contributed by atoms with E-state index in [1.54, 1.807) is 11.3 Å². The van der Waals surface area contributed by atoms with Crippen LogP contribution in [0.15, 0.2) is 34.6 Å². The van der Waals surface area contributed by atoms with Gasteiger partial charge in [0, 0.05) is 37.1 Å². The van der Waals surface area contributed by atoms with E-state index in [-0.39, 0.29) is 0 Å². The van der Waals surface area contributed by atoms with Crippen LogP contribution in [0.1, 0.15) is 44.0 Å². The summed E-state index contributed by atoms with van der Waals surface area (Å²) < 4.78 is 5.26. The number of anilines is 1. The van der Waals surface area contributed by atoms with E-state index in [0.29, 0.717) is 12.2 Å². The zero-order valence-corrected chi connectivity index (χ0v) is 19.4. The fourth-order valence-electron chi connectivity index (χ4n) is 2.65. The summed E-state index contributed by atoms with van der Waals surface area (Å²) >= 11 is 1.67. The van der Waals surface area contributed by atoms with Gasteiger partial charge in [-0.25, -0.2) is 9.78 Å². The molecule has 0 bridgehead atoms. The summed E-state index contributed by atoms with van der Waals surface area (Å²) in [7, 11) is 0. The van der Waals surface area contributed by atoms with Crippen molar-refractivity contribution in [1.82, 2.24) is 15.6 Å². The number of aliphatic imine (C=N–C) groups is 1. The highest BCUT2D eigenvalue weighted by atomic mass is 32.1. The van der Waals surface area contributed by atoms with Gasteiger partial charge in [-0.1, -0.05) is 12.1 Å². The number of hydrogen-bond acceptors (Lipinski definition) is 5. The third-order valence-electron chi connectivity index (χ3n) is 3.95. The van der Waals surface area contributed by atoms with E-state index in [1.165, 1.54) is 5.56 Å². The smallest absolute Gasteiger partial charge is 0.412 e. The van der Waals surface area contributed by atoms with E-state index in [9.17, 15) is 4.79 Å². The lowest BCUT2D eigenvalue weighted by atomic mass is 10.1. The number of thiazole rings is 1. The van der Waals surface area contributed by atoms with Gasteiger partial charge in [-0.2, -0.15) is 0 Å². The summed E-state index contributed by atoms with van der Waals surface area (Å²) in [4.78, 5) is 20.9. The standard InChI is InChI=1S/C22H33N5O2S/c1-6-23-20(25-14-12-19-15-30-16(2)26-19)24-13-11-17-7-9-18(10-8-17)27-21(28)29-22(3,4)5/h7-10,15H,6,11-14H2,1-5H3,(H,27,28)(H2,23,24,25). The first kappa shape index (κ1) is 23.7. The second-order valence-corrected chi connectivity index (χ2v) is 8.93. The molecule has 0 unspecified atom stereocenters. The lowest BCUT2D eigenvalue weighted by Crippen LogP contribution is -2.38. The summed E-state index contributed by atoms with van der Waals surface area (Å²) in [6, 6.07) is 7.77. The van der Waals surface area contributed by atoms with Crippen LogP contribution in [-0.2, 0) is 17.6 Å². The van der Waals surface area contributed by atoms with Crippen LogP contribution < -0.4 is 16.0 Å². The largest absolute Gasteiger partial charge is 0.444 e. The fourth-order valence-corrected chi connectivity index (χ4v) is 3.30. The van der Waals surface area contributed by atoms with Crippen LogP contribution in [-0.4, -0.2) is 42.3 Å². The fraction of sp³-hybridized carbons (Fsp3) is 0.500. The van der Waals surface area contributed by atoms with Crippen molar-refractivity contribution in [2.45, 2.75) is 53.1 Å². The van der Waals surface area contributed by atoms with E-state index in [2.05, 4.69) is 38.2 Å². The molecule has 1 aromatic carbocycles. The van der Waals surface area contributed by atoms with E-state index in [1.807, 2.05) is 52.0 Å². The van der Waals surface area contributed by atoms with Crippen LogP contribution in [0.4, 0.5) is 10.5 Å². The maximum atomic E-state index is 11.8. The molecule has 0 aliphatic rings. The number of rotatable bonds is 8. The zero-order chi connectivity index (χ0) is 22.0. The van der Waals surface area contributed by atoms with E-state index < -0.39 is 11.7 Å². The first-order valence-electron chi connectivity index (χ1n) is 10.3. The average molecular weight is 432 g/mol. The van der Waals surface area contributed by atoms with E-state index in [4.69, 9.17) is 4.74 Å². The van der Waals surface area contributed by atoms with Gasteiger partial charge < -0.3 is 15.4 Å². The summed E-state index contributed by atoms with van der Waals surface area (Å²) in [6.45, 7) is 11.9. The molecule has 1 amide bonds. The Labute approximate surface area is 183 Å². The number of aromatic nitrogens is 1. The number of carbonyl (C=O) groups excluding carboxylic acids is 1. The van der Waals surface area contributed by atoms with Crippen LogP contribution in [0, 0.1) is 6.92 Å². The van der Waals surface area contributed by atoms with Crippen LogP contribution in [0.2, 0.25) is 0 Å². The topological polar surface area (TPSA) is 87.6 Å². The molecule has 0 aliphatic carbocycles. The summed E-state index contributed by atoms with van der Waals surface area (Å²) in [5.41, 5.74) is 2.47. The SMILES string of the molecule is CCNC(=NCCc1csc(C)n1)NCCc1ccc(NC(=O)OC(C)(C)C)cc1. The first-order chi connectivity index (χ1) is 14.2. The average Bonchev–Trinajstić information content (AvgIpc) is 3.07. The number of nitrogens with zero attached hydrogens (tertiary/aromatic N) is 2. The van der Waals surface area contributed by atoms with E-state index >= 15 is 0 Å². The highest BCUT2D eigenvalue weighted by Crippen LogP contribution is 2.13. The Morgan fingerprint density at radius 3 is 2.50 bits per heavy atom. The second-order valence-electron chi connectivity index (χ2n) is 7.87. The third kappa shape index (κ3) is 9.26. The van der Waals surface area contributed by atoms with Crippen molar-refractivity contribution in [3.63, 3.8) is 0 Å². The number of benzene rings is 1. The number of hydrogen-bond donors (Lipinski definition) is 3. The molecule has 7 nitrogen and oxygen atoms in total. The number of carbonyl (C=O) groups is 1. The lowest BCUT2D eigenvalue weighted by molar-refractivity contribution is 0.0636. The van der Waals surface area contributed by atoms with Gasteiger partial charge in [0.1, 0.15) is 5.60 Å². The van der Waals surface area contributed by atoms with Crippen molar-refractivity contribution in [2.75, 3.05) is 25.0 Å². The van der Waals surface area contributed by atoms with Gasteiger partial charge in [-0.15, -0.1) is 11.3 Å². The summed E-state index contributed by atoms with van der Waals surface area (Å²) in [5.74, 6) is 0.813. The normalized spacial score (nSPS) is 11.8. The number of nitrogens with one attached hydrogen (secondary N) is 3. The molecule has 2 aromatic rings. The molecule has 0 saturated carbocycles. The van der Waals surface area contributed by atoms with Crippen molar-refractivity contribution in [3.05, 3.63) is 45.9 Å². The molecule has 0 radical (unpaired) electrons. The highest BCUT2D eigenvalue weighted by molar-refractivity contribution is 7.09. The van der Waals surface area contributed by atoms with Crippen molar-refractivity contribution in [2.24, 2.45) is 4.99 Å². The Kier molecular flexibility index (Phi) is 9.11. The minimum absolute atomic E-state index is 0.448. The lowest BCUT2D eigenvalue weighted by Gasteiger charge is -2.19. The molecule has 2 rings (SSSR count). The van der Waals surface area contributed by atoms with Gasteiger partial charge in [0.05, 0.1) is 10.7 Å². The monoisotopic (exact) mass is 431 g/mol. The van der Waals surface area contributed by atoms with Gasteiger partial charge in [0.15, 0.2) is 5.96 Å². The highest BCUT2D eigenvalue weighted by Gasteiger charge is 2.16. The summed E-state index contributed by atoms with van der Waals surface area (Å²) in [6.07, 6.45) is 1.24. The Hall–Kier alpha value is -2.61. The molecular weight excluding hydrogens is 398 g/mol. The Morgan fingerprint density at radius 1 is 1.17 bits per heavy atom. The van der Waals surface area contributed by atoms with Crippen molar-refractivity contribution in [3.8, 4) is 0 Å². The van der Waals surface area contributed by atoms with Gasteiger partial charge in [0.2, 0.25) is 0 Å². The number of amides is 1. The van der Waals surface area contributed by atoms with Gasteiger partial charge in [-0.05, 0) is 58.7 Å². The van der Waals surface area contributed by atoms with Gasteiger partial charge in [-0.3, -0.25) is 10.3 Å². The number of guanidine groups is 1. The zero-order valence-electron chi connectivity index (χ0n) is 18.5. The molecular formula is C22H33N5O2S. The minimum Gasteiger partial charge on any atom is -0.444 e. The van der Waals surface area contributed by atoms with Crippen molar-refractivity contribution in [1.29, 1.82) is 0 Å². The van der Waals surface area contributed by atoms with E-state index in [0.717, 1.165) is 42.6 Å². The Morgan fingerprint density at radius 2 is 1.90 bits per heavy atom. The molecule has 1 aromatic heterocycles. The molecule has 1 heterocycles.